The second kappa shape index (κ2) is 3.51. The minimum absolute atomic E-state index is 0.101. The molecule has 1 aliphatic carbocycles. The van der Waals surface area contributed by atoms with Crippen LogP contribution in [0.25, 0.3) is 0 Å². The number of ether oxygens (including phenoxy) is 1. The van der Waals surface area contributed by atoms with Crippen molar-refractivity contribution in [2.75, 3.05) is 12.9 Å². The summed E-state index contributed by atoms with van der Waals surface area (Å²) in [4.78, 5) is 11.4. The van der Waals surface area contributed by atoms with Gasteiger partial charge in [0.15, 0.2) is 5.60 Å². The molecule has 0 spiro atoms. The van der Waals surface area contributed by atoms with Crippen molar-refractivity contribution in [1.82, 2.24) is 0 Å². The molecule has 82 valence electrons. The van der Waals surface area contributed by atoms with Crippen LogP contribution in [0.5, 0.6) is 0 Å². The molecule has 2 unspecified atom stereocenters. The average molecular weight is 222 g/mol. The summed E-state index contributed by atoms with van der Waals surface area (Å²) in [7, 11) is -3.62. The van der Waals surface area contributed by atoms with E-state index >= 15 is 0 Å². The zero-order valence-corrected chi connectivity index (χ0v) is 9.26. The van der Waals surface area contributed by atoms with Gasteiger partial charge >= 0.3 is 5.97 Å². The zero-order valence-electron chi connectivity index (χ0n) is 8.44. The van der Waals surface area contributed by atoms with Gasteiger partial charge < -0.3 is 4.74 Å². The van der Waals surface area contributed by atoms with Crippen molar-refractivity contribution in [3.8, 4) is 0 Å². The van der Waals surface area contributed by atoms with Crippen molar-refractivity contribution in [3.63, 3.8) is 0 Å². The Morgan fingerprint density at radius 2 is 2.07 bits per heavy atom. The van der Waals surface area contributed by atoms with Crippen molar-refractivity contribution in [1.29, 1.82) is 0 Å². The van der Waals surface area contributed by atoms with Gasteiger partial charge in [-0.15, -0.1) is 0 Å². The van der Waals surface area contributed by atoms with Gasteiger partial charge in [0, 0.05) is 5.92 Å². The summed E-state index contributed by atoms with van der Waals surface area (Å²) >= 11 is 0. The normalized spacial score (nSPS) is 31.2. The maximum absolute atomic E-state index is 11.4. The minimum atomic E-state index is -3.62. The van der Waals surface area contributed by atoms with Crippen molar-refractivity contribution >= 4 is 16.1 Å². The van der Waals surface area contributed by atoms with E-state index in [2.05, 4.69) is 0 Å². The van der Waals surface area contributed by atoms with Gasteiger partial charge in [-0.2, -0.15) is 8.42 Å². The smallest absolute Gasteiger partial charge is 0.340 e. The molecule has 1 fully saturated rings. The van der Waals surface area contributed by atoms with E-state index < -0.39 is 21.7 Å². The van der Waals surface area contributed by atoms with Gasteiger partial charge in [0.25, 0.3) is 10.1 Å². The maximum Gasteiger partial charge on any atom is 0.340 e. The lowest BCUT2D eigenvalue weighted by molar-refractivity contribution is -0.154. The third kappa shape index (κ3) is 2.24. The first-order valence-corrected chi connectivity index (χ1v) is 6.21. The molecule has 0 aliphatic heterocycles. The van der Waals surface area contributed by atoms with Gasteiger partial charge in [-0.05, 0) is 13.3 Å². The van der Waals surface area contributed by atoms with E-state index in [1.807, 2.05) is 0 Å². The molecular formula is C8H14O5S. The standard InChI is InChI=1S/C8H14O5S/c1-4-12-7(9)8(5-6(8)2)13-14(3,10)11/h6H,4-5H2,1-3H3. The van der Waals surface area contributed by atoms with Crippen molar-refractivity contribution < 1.29 is 22.1 Å². The van der Waals surface area contributed by atoms with Crippen LogP contribution in [0.15, 0.2) is 0 Å². The highest BCUT2D eigenvalue weighted by Gasteiger charge is 2.62. The minimum Gasteiger partial charge on any atom is -0.464 e. The molecule has 0 radical (unpaired) electrons. The SMILES string of the molecule is CCOC(=O)C1(OS(C)(=O)=O)CC1C. The maximum atomic E-state index is 11.4. The number of rotatable bonds is 4. The number of hydrogen-bond acceptors (Lipinski definition) is 5. The van der Waals surface area contributed by atoms with Crippen molar-refractivity contribution in [2.45, 2.75) is 25.9 Å². The van der Waals surface area contributed by atoms with Crippen LogP contribution in [-0.2, 0) is 23.8 Å². The van der Waals surface area contributed by atoms with Gasteiger partial charge in [-0.3, -0.25) is 4.18 Å². The second-order valence-electron chi connectivity index (χ2n) is 3.50. The predicted octanol–water partition coefficient (Wildman–Crippen LogP) is 0.304. The molecule has 1 saturated carbocycles. The van der Waals surface area contributed by atoms with Crippen molar-refractivity contribution in [3.05, 3.63) is 0 Å². The Morgan fingerprint density at radius 1 is 1.57 bits per heavy atom. The molecule has 0 bridgehead atoms. The lowest BCUT2D eigenvalue weighted by atomic mass is 10.3. The molecule has 0 aromatic heterocycles. The predicted molar refractivity (Wildman–Crippen MR) is 49.1 cm³/mol. The third-order valence-corrected chi connectivity index (χ3v) is 2.77. The average Bonchev–Trinajstić information content (AvgIpc) is 2.59. The van der Waals surface area contributed by atoms with Gasteiger partial charge in [0.05, 0.1) is 12.9 Å². The summed E-state index contributed by atoms with van der Waals surface area (Å²) in [5.74, 6) is -0.686. The highest BCUT2D eigenvalue weighted by Crippen LogP contribution is 2.48. The third-order valence-electron chi connectivity index (χ3n) is 2.17. The van der Waals surface area contributed by atoms with Crippen LogP contribution in [-0.4, -0.2) is 32.9 Å². The molecule has 0 saturated heterocycles. The van der Waals surface area contributed by atoms with Crippen LogP contribution in [0.4, 0.5) is 0 Å². The highest BCUT2D eigenvalue weighted by atomic mass is 32.2. The molecule has 1 aliphatic rings. The Hall–Kier alpha value is -0.620. The van der Waals surface area contributed by atoms with Crippen LogP contribution in [0.1, 0.15) is 20.3 Å². The van der Waals surface area contributed by atoms with Gasteiger partial charge in [0.2, 0.25) is 0 Å². The molecule has 0 aromatic rings. The summed E-state index contributed by atoms with van der Waals surface area (Å²) in [5, 5.41) is 0. The molecule has 0 aromatic carbocycles. The van der Waals surface area contributed by atoms with Crippen LogP contribution in [0.3, 0.4) is 0 Å². The monoisotopic (exact) mass is 222 g/mol. The first-order valence-electron chi connectivity index (χ1n) is 4.39. The van der Waals surface area contributed by atoms with E-state index in [1.54, 1.807) is 13.8 Å². The summed E-state index contributed by atoms with van der Waals surface area (Å²) < 4.78 is 31.3. The van der Waals surface area contributed by atoms with E-state index in [0.717, 1.165) is 6.26 Å². The fourth-order valence-electron chi connectivity index (χ4n) is 1.35. The van der Waals surface area contributed by atoms with Crippen LogP contribution in [0.2, 0.25) is 0 Å². The molecule has 1 rings (SSSR count). The molecule has 2 atom stereocenters. The van der Waals surface area contributed by atoms with Crippen LogP contribution < -0.4 is 0 Å². The fraction of sp³-hybridized carbons (Fsp3) is 0.875. The summed E-state index contributed by atoms with van der Waals surface area (Å²) in [5.41, 5.74) is -1.25. The van der Waals surface area contributed by atoms with E-state index in [9.17, 15) is 13.2 Å². The van der Waals surface area contributed by atoms with E-state index in [0.29, 0.717) is 6.42 Å². The lowest BCUT2D eigenvalue weighted by Crippen LogP contribution is -2.32. The molecule has 0 amide bonds. The summed E-state index contributed by atoms with van der Waals surface area (Å²) in [6.45, 7) is 3.64. The van der Waals surface area contributed by atoms with E-state index in [1.165, 1.54) is 0 Å². The van der Waals surface area contributed by atoms with Crippen molar-refractivity contribution in [2.24, 2.45) is 5.92 Å². The zero-order chi connectivity index (χ0) is 11.0. The first-order chi connectivity index (χ1) is 6.32. The molecule has 6 heteroatoms. The van der Waals surface area contributed by atoms with Crippen LogP contribution in [0, 0.1) is 5.92 Å². The second-order valence-corrected chi connectivity index (χ2v) is 5.08. The molecular weight excluding hydrogens is 208 g/mol. The summed E-state index contributed by atoms with van der Waals surface area (Å²) in [6, 6.07) is 0. The van der Waals surface area contributed by atoms with E-state index in [-0.39, 0.29) is 12.5 Å². The van der Waals surface area contributed by atoms with E-state index in [4.69, 9.17) is 8.92 Å². The Bertz CT molecular complexity index is 334. The lowest BCUT2D eigenvalue weighted by Gasteiger charge is -2.13. The Balaban J connectivity index is 2.75. The topological polar surface area (TPSA) is 69.7 Å². The molecule has 0 N–H and O–H groups in total. The Morgan fingerprint density at radius 3 is 2.36 bits per heavy atom. The van der Waals surface area contributed by atoms with Crippen LogP contribution >= 0.6 is 0 Å². The molecule has 0 heterocycles. The molecule has 5 nitrogen and oxygen atoms in total. The fourth-order valence-corrected chi connectivity index (χ4v) is 2.19. The van der Waals surface area contributed by atoms with Gasteiger partial charge in [-0.25, -0.2) is 4.79 Å². The number of carbonyl (C=O) groups is 1. The highest BCUT2D eigenvalue weighted by molar-refractivity contribution is 7.86. The number of esters is 1. The Kier molecular flexibility index (Phi) is 2.87. The number of hydrogen-bond donors (Lipinski definition) is 0. The Labute approximate surface area is 83.5 Å². The molecule has 14 heavy (non-hydrogen) atoms. The quantitative estimate of drug-likeness (QED) is 0.505. The van der Waals surface area contributed by atoms with Gasteiger partial charge in [-0.1, -0.05) is 6.92 Å². The largest absolute Gasteiger partial charge is 0.464 e. The summed E-state index contributed by atoms with van der Waals surface area (Å²) in [6.07, 6.45) is 1.33. The van der Waals surface area contributed by atoms with Gasteiger partial charge in [0.1, 0.15) is 0 Å². The number of carbonyl (C=O) groups excluding carboxylic acids is 1. The first kappa shape index (κ1) is 11.5.